The molecule has 1 aliphatic rings. The minimum atomic E-state index is -0.0956. The highest BCUT2D eigenvalue weighted by Gasteiger charge is 2.31. The SMILES string of the molecule is COc1cccc(C2CC(=O)Nc3c2ncn3-c2cccnc2)c1. The number of aromatic nitrogens is 3. The van der Waals surface area contributed by atoms with Crippen LogP contribution in [0.1, 0.15) is 23.6 Å². The monoisotopic (exact) mass is 320 g/mol. The van der Waals surface area contributed by atoms with Crippen LogP contribution in [0.5, 0.6) is 5.75 Å². The van der Waals surface area contributed by atoms with Gasteiger partial charge >= 0.3 is 0 Å². The summed E-state index contributed by atoms with van der Waals surface area (Å²) in [6.45, 7) is 0. The van der Waals surface area contributed by atoms with Gasteiger partial charge in [0, 0.05) is 18.5 Å². The highest BCUT2D eigenvalue weighted by Crippen LogP contribution is 2.38. The molecular formula is C18H16N4O2. The molecule has 1 aromatic carbocycles. The highest BCUT2D eigenvalue weighted by atomic mass is 16.5. The van der Waals surface area contributed by atoms with E-state index < -0.39 is 0 Å². The van der Waals surface area contributed by atoms with E-state index in [1.54, 1.807) is 25.8 Å². The molecule has 2 aromatic heterocycles. The maximum Gasteiger partial charge on any atom is 0.226 e. The average molecular weight is 320 g/mol. The number of hydrogen-bond acceptors (Lipinski definition) is 4. The van der Waals surface area contributed by atoms with Gasteiger partial charge in [-0.1, -0.05) is 12.1 Å². The number of carbonyl (C=O) groups excluding carboxylic acids is 1. The first-order valence-electron chi connectivity index (χ1n) is 7.67. The number of hydrogen-bond donors (Lipinski definition) is 1. The Hall–Kier alpha value is -3.15. The summed E-state index contributed by atoms with van der Waals surface area (Å²) in [7, 11) is 1.63. The van der Waals surface area contributed by atoms with Crippen molar-refractivity contribution in [3.8, 4) is 11.4 Å². The van der Waals surface area contributed by atoms with E-state index >= 15 is 0 Å². The molecule has 0 fully saturated rings. The van der Waals surface area contributed by atoms with Gasteiger partial charge in [0.15, 0.2) is 0 Å². The van der Waals surface area contributed by atoms with Crippen LogP contribution in [-0.2, 0) is 4.79 Å². The molecule has 0 bridgehead atoms. The van der Waals surface area contributed by atoms with E-state index in [0.717, 1.165) is 22.7 Å². The van der Waals surface area contributed by atoms with Crippen molar-refractivity contribution in [3.05, 3.63) is 66.4 Å². The van der Waals surface area contributed by atoms with E-state index in [4.69, 9.17) is 4.74 Å². The molecule has 1 atom stereocenters. The molecular weight excluding hydrogens is 304 g/mol. The highest BCUT2D eigenvalue weighted by molar-refractivity contribution is 5.94. The molecule has 6 heteroatoms. The van der Waals surface area contributed by atoms with Gasteiger partial charge < -0.3 is 10.1 Å². The molecule has 1 N–H and O–H groups in total. The van der Waals surface area contributed by atoms with Gasteiger partial charge in [-0.15, -0.1) is 0 Å². The zero-order valence-corrected chi connectivity index (χ0v) is 13.1. The Balaban J connectivity index is 1.81. The summed E-state index contributed by atoms with van der Waals surface area (Å²) in [5.41, 5.74) is 2.73. The number of nitrogens with one attached hydrogen (secondary N) is 1. The van der Waals surface area contributed by atoms with E-state index in [0.29, 0.717) is 12.2 Å². The molecule has 24 heavy (non-hydrogen) atoms. The molecule has 0 radical (unpaired) electrons. The van der Waals surface area contributed by atoms with E-state index in [9.17, 15) is 4.79 Å². The van der Waals surface area contributed by atoms with E-state index in [1.807, 2.05) is 41.0 Å². The molecule has 4 rings (SSSR count). The Morgan fingerprint density at radius 2 is 2.21 bits per heavy atom. The summed E-state index contributed by atoms with van der Waals surface area (Å²) in [6.07, 6.45) is 5.54. The molecule has 3 aromatic rings. The Morgan fingerprint density at radius 3 is 3.00 bits per heavy atom. The van der Waals surface area contributed by atoms with Crippen LogP contribution in [0.2, 0.25) is 0 Å². The zero-order valence-electron chi connectivity index (χ0n) is 13.1. The summed E-state index contributed by atoms with van der Waals surface area (Å²) >= 11 is 0. The molecule has 1 amide bonds. The Kier molecular flexibility index (Phi) is 3.49. The number of anilines is 1. The summed E-state index contributed by atoms with van der Waals surface area (Å²) in [6, 6.07) is 11.6. The van der Waals surface area contributed by atoms with Crippen molar-refractivity contribution >= 4 is 11.7 Å². The lowest BCUT2D eigenvalue weighted by atomic mass is 9.89. The first kappa shape index (κ1) is 14.4. The molecule has 3 heterocycles. The third-order valence-electron chi connectivity index (χ3n) is 4.19. The number of amides is 1. The minimum absolute atomic E-state index is 0.0269. The second kappa shape index (κ2) is 5.81. The van der Waals surface area contributed by atoms with Crippen LogP contribution in [0.25, 0.3) is 5.69 Å². The van der Waals surface area contributed by atoms with Crippen LogP contribution in [-0.4, -0.2) is 27.6 Å². The molecule has 0 aliphatic carbocycles. The standard InChI is InChI=1S/C18H16N4O2/c1-24-14-6-2-4-12(8-14)15-9-16(23)21-18-17(15)20-11-22(18)13-5-3-7-19-10-13/h2-8,10-11,15H,9H2,1H3,(H,21,23). The zero-order chi connectivity index (χ0) is 16.5. The molecule has 0 saturated carbocycles. The number of rotatable bonds is 3. The predicted octanol–water partition coefficient (Wildman–Crippen LogP) is 2.75. The van der Waals surface area contributed by atoms with Gasteiger partial charge in [-0.05, 0) is 29.8 Å². The van der Waals surface area contributed by atoms with E-state index in [1.165, 1.54) is 0 Å². The smallest absolute Gasteiger partial charge is 0.226 e. The number of ether oxygens (including phenoxy) is 1. The van der Waals surface area contributed by atoms with Gasteiger partial charge in [-0.3, -0.25) is 14.3 Å². The second-order valence-electron chi connectivity index (χ2n) is 5.64. The summed E-state index contributed by atoms with van der Waals surface area (Å²) in [4.78, 5) is 20.9. The average Bonchev–Trinajstić information content (AvgIpc) is 3.05. The fourth-order valence-electron chi connectivity index (χ4n) is 3.03. The van der Waals surface area contributed by atoms with Crippen molar-refractivity contribution in [3.63, 3.8) is 0 Å². The lowest BCUT2D eigenvalue weighted by Crippen LogP contribution is -2.24. The quantitative estimate of drug-likeness (QED) is 0.805. The Bertz CT molecular complexity index is 889. The number of carbonyl (C=O) groups is 1. The van der Waals surface area contributed by atoms with Crippen LogP contribution < -0.4 is 10.1 Å². The van der Waals surface area contributed by atoms with E-state index in [2.05, 4.69) is 15.3 Å². The summed E-state index contributed by atoms with van der Waals surface area (Å²) < 4.78 is 7.15. The molecule has 1 unspecified atom stereocenters. The number of benzene rings is 1. The van der Waals surface area contributed by atoms with Crippen molar-refractivity contribution < 1.29 is 9.53 Å². The van der Waals surface area contributed by atoms with Crippen LogP contribution in [0.15, 0.2) is 55.1 Å². The molecule has 0 spiro atoms. The van der Waals surface area contributed by atoms with Crippen LogP contribution in [0.4, 0.5) is 5.82 Å². The van der Waals surface area contributed by atoms with Gasteiger partial charge in [0.25, 0.3) is 0 Å². The largest absolute Gasteiger partial charge is 0.497 e. The summed E-state index contributed by atoms with van der Waals surface area (Å²) in [5, 5.41) is 2.94. The lowest BCUT2D eigenvalue weighted by molar-refractivity contribution is -0.116. The van der Waals surface area contributed by atoms with Crippen LogP contribution >= 0.6 is 0 Å². The van der Waals surface area contributed by atoms with Crippen molar-refractivity contribution in [1.29, 1.82) is 0 Å². The van der Waals surface area contributed by atoms with Gasteiger partial charge in [-0.2, -0.15) is 0 Å². The molecule has 120 valence electrons. The second-order valence-corrected chi connectivity index (χ2v) is 5.64. The first-order chi connectivity index (χ1) is 11.8. The van der Waals surface area contributed by atoms with Gasteiger partial charge in [0.1, 0.15) is 17.9 Å². The topological polar surface area (TPSA) is 69.0 Å². The Labute approximate surface area is 139 Å². The van der Waals surface area contributed by atoms with Crippen molar-refractivity contribution in [2.24, 2.45) is 0 Å². The van der Waals surface area contributed by atoms with Crippen molar-refractivity contribution in [1.82, 2.24) is 14.5 Å². The van der Waals surface area contributed by atoms with Crippen LogP contribution in [0.3, 0.4) is 0 Å². The first-order valence-corrected chi connectivity index (χ1v) is 7.67. The number of imidazole rings is 1. The van der Waals surface area contributed by atoms with Crippen molar-refractivity contribution in [2.75, 3.05) is 12.4 Å². The normalized spacial score (nSPS) is 16.4. The third-order valence-corrected chi connectivity index (χ3v) is 4.19. The predicted molar refractivity (Wildman–Crippen MR) is 89.4 cm³/mol. The Morgan fingerprint density at radius 1 is 1.29 bits per heavy atom. The van der Waals surface area contributed by atoms with Gasteiger partial charge in [0.2, 0.25) is 5.91 Å². The molecule has 0 saturated heterocycles. The van der Waals surface area contributed by atoms with Crippen molar-refractivity contribution in [2.45, 2.75) is 12.3 Å². The lowest BCUT2D eigenvalue weighted by Gasteiger charge is -2.23. The minimum Gasteiger partial charge on any atom is -0.497 e. The number of pyridine rings is 1. The molecule has 6 nitrogen and oxygen atoms in total. The third kappa shape index (κ3) is 2.42. The maximum absolute atomic E-state index is 12.2. The van der Waals surface area contributed by atoms with Crippen LogP contribution in [0, 0.1) is 0 Å². The fraction of sp³-hybridized carbons (Fsp3) is 0.167. The number of methoxy groups -OCH3 is 1. The number of fused-ring (bicyclic) bond motifs is 1. The molecule has 1 aliphatic heterocycles. The number of nitrogens with zero attached hydrogens (tertiary/aromatic N) is 3. The van der Waals surface area contributed by atoms with Gasteiger partial charge in [0.05, 0.1) is 24.7 Å². The van der Waals surface area contributed by atoms with Gasteiger partial charge in [-0.25, -0.2) is 4.98 Å². The maximum atomic E-state index is 12.2. The van der Waals surface area contributed by atoms with E-state index in [-0.39, 0.29) is 11.8 Å². The summed E-state index contributed by atoms with van der Waals surface area (Å²) in [5.74, 6) is 1.35. The fourth-order valence-corrected chi connectivity index (χ4v) is 3.03.